The third-order valence-corrected chi connectivity index (χ3v) is 5.57. The predicted octanol–water partition coefficient (Wildman–Crippen LogP) is 3.88. The second kappa shape index (κ2) is 8.50. The standard InChI is InChI=1S/C21H21NO2S/c1-4-16-22(25(23,24)21-14-12-18(2)13-15-21)17-8-9-19(3)20-10-6-5-7-11-20/h1,5-8,10-15H,16-17H2,2-3H3. The van der Waals surface area contributed by atoms with Crippen LogP contribution in [0.2, 0.25) is 0 Å². The average molecular weight is 351 g/mol. The number of rotatable bonds is 6. The van der Waals surface area contributed by atoms with Crippen LogP contribution in [-0.4, -0.2) is 25.8 Å². The number of hydrogen-bond acceptors (Lipinski definition) is 2. The van der Waals surface area contributed by atoms with Crippen molar-refractivity contribution in [2.24, 2.45) is 0 Å². The number of hydrogen-bond donors (Lipinski definition) is 0. The lowest BCUT2D eigenvalue weighted by Crippen LogP contribution is -2.31. The van der Waals surface area contributed by atoms with E-state index < -0.39 is 10.0 Å². The van der Waals surface area contributed by atoms with E-state index in [1.54, 1.807) is 30.3 Å². The molecule has 4 heteroatoms. The van der Waals surface area contributed by atoms with Gasteiger partial charge in [-0.15, -0.1) is 12.2 Å². The summed E-state index contributed by atoms with van der Waals surface area (Å²) in [6.07, 6.45) is 7.06. The fourth-order valence-corrected chi connectivity index (χ4v) is 3.57. The molecule has 2 rings (SSSR count). The number of benzene rings is 2. The SMILES string of the molecule is C#CCN(CC=C=C(C)c1ccccc1)S(=O)(=O)c1ccc(C)cc1. The van der Waals surface area contributed by atoms with E-state index in [-0.39, 0.29) is 18.0 Å². The molecule has 2 aromatic rings. The fourth-order valence-electron chi connectivity index (χ4n) is 2.28. The van der Waals surface area contributed by atoms with Gasteiger partial charge in [0, 0.05) is 6.54 Å². The van der Waals surface area contributed by atoms with Gasteiger partial charge in [0.05, 0.1) is 11.4 Å². The van der Waals surface area contributed by atoms with Crippen LogP contribution < -0.4 is 0 Å². The molecular weight excluding hydrogens is 330 g/mol. The van der Waals surface area contributed by atoms with Crippen LogP contribution in [0.3, 0.4) is 0 Å². The van der Waals surface area contributed by atoms with Gasteiger partial charge in [-0.25, -0.2) is 8.42 Å². The van der Waals surface area contributed by atoms with Crippen molar-refractivity contribution < 1.29 is 8.42 Å². The lowest BCUT2D eigenvalue weighted by Gasteiger charge is -2.18. The van der Waals surface area contributed by atoms with Crippen molar-refractivity contribution in [3.63, 3.8) is 0 Å². The van der Waals surface area contributed by atoms with Crippen molar-refractivity contribution in [3.05, 3.63) is 77.5 Å². The predicted molar refractivity (Wildman–Crippen MR) is 102 cm³/mol. The van der Waals surface area contributed by atoms with Crippen LogP contribution in [0.1, 0.15) is 18.1 Å². The topological polar surface area (TPSA) is 37.4 Å². The van der Waals surface area contributed by atoms with Gasteiger partial charge in [0.15, 0.2) is 0 Å². The Hall–Kier alpha value is -2.57. The van der Waals surface area contributed by atoms with Crippen molar-refractivity contribution in [2.45, 2.75) is 18.7 Å². The number of sulfonamides is 1. The molecule has 0 aromatic heterocycles. The zero-order valence-electron chi connectivity index (χ0n) is 14.4. The minimum atomic E-state index is -3.63. The molecule has 0 atom stereocenters. The van der Waals surface area contributed by atoms with Crippen LogP contribution in [0, 0.1) is 19.3 Å². The summed E-state index contributed by atoms with van der Waals surface area (Å²) in [5.74, 6) is 2.42. The third kappa shape index (κ3) is 4.95. The van der Waals surface area contributed by atoms with Crippen molar-refractivity contribution in [2.75, 3.05) is 13.1 Å². The molecule has 0 spiro atoms. The molecular formula is C21H21NO2S. The molecule has 0 heterocycles. The first kappa shape index (κ1) is 18.8. The second-order valence-corrected chi connectivity index (χ2v) is 7.59. The summed E-state index contributed by atoms with van der Waals surface area (Å²) in [7, 11) is -3.63. The van der Waals surface area contributed by atoms with Crippen LogP contribution in [0.25, 0.3) is 5.57 Å². The number of aryl methyl sites for hydroxylation is 1. The zero-order valence-corrected chi connectivity index (χ0v) is 15.3. The Morgan fingerprint density at radius 2 is 1.76 bits per heavy atom. The Morgan fingerprint density at radius 3 is 2.36 bits per heavy atom. The summed E-state index contributed by atoms with van der Waals surface area (Å²) in [5, 5.41) is 0. The van der Waals surface area contributed by atoms with E-state index in [0.29, 0.717) is 0 Å². The van der Waals surface area contributed by atoms with Crippen molar-refractivity contribution >= 4 is 15.6 Å². The first-order valence-electron chi connectivity index (χ1n) is 7.92. The molecule has 0 unspecified atom stereocenters. The van der Waals surface area contributed by atoms with Gasteiger partial charge < -0.3 is 0 Å². The molecule has 0 radical (unpaired) electrons. The molecule has 0 bridgehead atoms. The van der Waals surface area contributed by atoms with E-state index >= 15 is 0 Å². The van der Waals surface area contributed by atoms with Gasteiger partial charge in [-0.3, -0.25) is 0 Å². The summed E-state index contributed by atoms with van der Waals surface area (Å²) in [6, 6.07) is 16.6. The monoisotopic (exact) mass is 351 g/mol. The zero-order chi connectivity index (χ0) is 18.3. The fraction of sp³-hybridized carbons (Fsp3) is 0.190. The molecule has 0 amide bonds. The molecule has 0 aliphatic heterocycles. The Bertz CT molecular complexity index is 914. The quantitative estimate of drug-likeness (QED) is 0.585. The summed E-state index contributed by atoms with van der Waals surface area (Å²) in [6.45, 7) is 4.03. The van der Waals surface area contributed by atoms with E-state index in [4.69, 9.17) is 6.42 Å². The molecule has 0 aliphatic rings. The number of terminal acetylenes is 1. The maximum Gasteiger partial charge on any atom is 0.244 e. The Balaban J connectivity index is 2.25. The highest BCUT2D eigenvalue weighted by molar-refractivity contribution is 7.89. The van der Waals surface area contributed by atoms with Gasteiger partial charge in [-0.2, -0.15) is 4.31 Å². The summed E-state index contributed by atoms with van der Waals surface area (Å²) in [5.41, 5.74) is 6.12. The molecule has 0 aliphatic carbocycles. The minimum Gasteiger partial charge on any atom is -0.207 e. The summed E-state index contributed by atoms with van der Waals surface area (Å²) in [4.78, 5) is 0.241. The van der Waals surface area contributed by atoms with Gasteiger partial charge in [0.1, 0.15) is 0 Å². The van der Waals surface area contributed by atoms with Gasteiger partial charge in [-0.1, -0.05) is 53.9 Å². The largest absolute Gasteiger partial charge is 0.244 e. The lowest BCUT2D eigenvalue weighted by molar-refractivity contribution is 0.478. The van der Waals surface area contributed by atoms with Gasteiger partial charge in [0.2, 0.25) is 10.0 Å². The lowest BCUT2D eigenvalue weighted by atomic mass is 10.1. The van der Waals surface area contributed by atoms with E-state index in [2.05, 4.69) is 11.7 Å². The van der Waals surface area contributed by atoms with E-state index in [9.17, 15) is 8.42 Å². The van der Waals surface area contributed by atoms with Gasteiger partial charge in [0.25, 0.3) is 0 Å². The van der Waals surface area contributed by atoms with Gasteiger partial charge >= 0.3 is 0 Å². The van der Waals surface area contributed by atoms with Crippen LogP contribution >= 0.6 is 0 Å². The molecule has 2 aromatic carbocycles. The van der Waals surface area contributed by atoms with Crippen LogP contribution in [0.5, 0.6) is 0 Å². The first-order valence-corrected chi connectivity index (χ1v) is 9.36. The molecule has 25 heavy (non-hydrogen) atoms. The smallest absolute Gasteiger partial charge is 0.207 e. The van der Waals surface area contributed by atoms with E-state index in [1.165, 1.54) is 4.31 Å². The molecule has 0 N–H and O–H groups in total. The van der Waals surface area contributed by atoms with Crippen LogP contribution in [-0.2, 0) is 10.0 Å². The first-order chi connectivity index (χ1) is 11.9. The highest BCUT2D eigenvalue weighted by Crippen LogP contribution is 2.16. The average Bonchev–Trinajstić information content (AvgIpc) is 2.62. The highest BCUT2D eigenvalue weighted by atomic mass is 32.2. The maximum absolute atomic E-state index is 12.8. The highest BCUT2D eigenvalue weighted by Gasteiger charge is 2.22. The maximum atomic E-state index is 12.8. The Morgan fingerprint density at radius 1 is 1.12 bits per heavy atom. The molecule has 128 valence electrons. The van der Waals surface area contributed by atoms with E-state index in [1.807, 2.05) is 44.2 Å². The second-order valence-electron chi connectivity index (χ2n) is 5.65. The third-order valence-electron chi connectivity index (χ3n) is 3.75. The van der Waals surface area contributed by atoms with Crippen LogP contribution in [0.15, 0.2) is 71.3 Å². The summed E-state index contributed by atoms with van der Waals surface area (Å²) < 4.78 is 26.8. The van der Waals surface area contributed by atoms with Crippen LogP contribution in [0.4, 0.5) is 0 Å². The minimum absolute atomic E-state index is 0.0127. The normalized spacial score (nSPS) is 10.8. The summed E-state index contributed by atoms with van der Waals surface area (Å²) >= 11 is 0. The van der Waals surface area contributed by atoms with Crippen molar-refractivity contribution in [1.82, 2.24) is 4.31 Å². The molecule has 0 saturated heterocycles. The van der Waals surface area contributed by atoms with Crippen molar-refractivity contribution in [1.29, 1.82) is 0 Å². The molecule has 3 nitrogen and oxygen atoms in total. The Kier molecular flexibility index (Phi) is 6.38. The van der Waals surface area contributed by atoms with Gasteiger partial charge in [-0.05, 0) is 43.2 Å². The molecule has 0 fully saturated rings. The van der Waals surface area contributed by atoms with E-state index in [0.717, 1.165) is 16.7 Å². The number of nitrogens with zero attached hydrogens (tertiary/aromatic N) is 1. The Labute approximate surface area is 150 Å². The molecule has 0 saturated carbocycles. The van der Waals surface area contributed by atoms with Crippen molar-refractivity contribution in [3.8, 4) is 12.3 Å².